The molecule has 2 saturated heterocycles. The molecule has 1 N–H and O–H groups in total. The number of anilines is 1. The van der Waals surface area contributed by atoms with Crippen LogP contribution in [0.25, 0.3) is 0 Å². The fourth-order valence-electron chi connectivity index (χ4n) is 3.70. The Morgan fingerprint density at radius 3 is 2.38 bits per heavy atom. The lowest BCUT2D eigenvalue weighted by Crippen LogP contribution is -2.47. The Balaban J connectivity index is 1.48. The molecule has 0 saturated carbocycles. The van der Waals surface area contributed by atoms with E-state index < -0.39 is 0 Å². The summed E-state index contributed by atoms with van der Waals surface area (Å²) in [5.74, 6) is 0.986. The molecule has 2 aliphatic rings. The molecule has 0 aromatic heterocycles. The van der Waals surface area contributed by atoms with Gasteiger partial charge in [0.2, 0.25) is 5.91 Å². The number of amides is 3. The molecule has 1 unspecified atom stereocenters. The highest BCUT2D eigenvalue weighted by Crippen LogP contribution is 2.24. The molecular formula is C19H27N3O2. The second-order valence-corrected chi connectivity index (χ2v) is 7.09. The van der Waals surface area contributed by atoms with E-state index in [1.165, 1.54) is 6.42 Å². The lowest BCUT2D eigenvalue weighted by atomic mass is 9.93. The largest absolute Gasteiger partial charge is 0.342 e. The lowest BCUT2D eigenvalue weighted by Gasteiger charge is -2.37. The van der Waals surface area contributed by atoms with Gasteiger partial charge in [-0.15, -0.1) is 0 Å². The summed E-state index contributed by atoms with van der Waals surface area (Å²) in [5.41, 5.74) is 0.808. The van der Waals surface area contributed by atoms with Crippen LogP contribution in [0.15, 0.2) is 30.3 Å². The highest BCUT2D eigenvalue weighted by atomic mass is 16.2. The molecule has 2 heterocycles. The van der Waals surface area contributed by atoms with Crippen LogP contribution in [0.3, 0.4) is 0 Å². The van der Waals surface area contributed by atoms with Crippen molar-refractivity contribution in [3.8, 4) is 0 Å². The second-order valence-electron chi connectivity index (χ2n) is 7.09. The Hall–Kier alpha value is -2.04. The number of nitrogens with zero attached hydrogens (tertiary/aromatic N) is 2. The Labute approximate surface area is 144 Å². The van der Waals surface area contributed by atoms with Crippen LogP contribution in [0.5, 0.6) is 0 Å². The standard InChI is InChI=1S/C19H27N3O2/c1-15-6-5-11-22(14-15)18(23)16-9-12-21(13-10-16)19(24)20-17-7-3-2-4-8-17/h2-4,7-8,15-16H,5-6,9-14H2,1H3,(H,20,24). The topological polar surface area (TPSA) is 52.7 Å². The molecule has 3 amide bonds. The van der Waals surface area contributed by atoms with Gasteiger partial charge in [0.25, 0.3) is 0 Å². The molecule has 1 atom stereocenters. The molecule has 2 aliphatic heterocycles. The predicted octanol–water partition coefficient (Wildman–Crippen LogP) is 3.19. The van der Waals surface area contributed by atoms with Crippen LogP contribution in [-0.4, -0.2) is 47.9 Å². The van der Waals surface area contributed by atoms with Crippen molar-refractivity contribution in [2.45, 2.75) is 32.6 Å². The third kappa shape index (κ3) is 4.08. The minimum absolute atomic E-state index is 0.0707. The zero-order valence-electron chi connectivity index (χ0n) is 14.4. The summed E-state index contributed by atoms with van der Waals surface area (Å²) in [6.07, 6.45) is 3.88. The van der Waals surface area contributed by atoms with Gasteiger partial charge in [-0.2, -0.15) is 0 Å². The summed E-state index contributed by atoms with van der Waals surface area (Å²) in [4.78, 5) is 28.8. The van der Waals surface area contributed by atoms with E-state index in [1.54, 1.807) is 0 Å². The van der Waals surface area contributed by atoms with Gasteiger partial charge in [-0.1, -0.05) is 25.1 Å². The lowest BCUT2D eigenvalue weighted by molar-refractivity contribution is -0.138. The van der Waals surface area contributed by atoms with Crippen molar-refractivity contribution in [3.63, 3.8) is 0 Å². The van der Waals surface area contributed by atoms with E-state index in [4.69, 9.17) is 0 Å². The van der Waals surface area contributed by atoms with E-state index in [0.29, 0.717) is 24.9 Å². The van der Waals surface area contributed by atoms with Crippen molar-refractivity contribution in [1.82, 2.24) is 9.80 Å². The molecule has 0 spiro atoms. The van der Waals surface area contributed by atoms with Crippen molar-refractivity contribution in [3.05, 3.63) is 30.3 Å². The average molecular weight is 329 g/mol. The highest BCUT2D eigenvalue weighted by Gasteiger charge is 2.31. The number of hydrogen-bond donors (Lipinski definition) is 1. The molecule has 2 fully saturated rings. The van der Waals surface area contributed by atoms with Crippen molar-refractivity contribution in [2.24, 2.45) is 11.8 Å². The highest BCUT2D eigenvalue weighted by molar-refractivity contribution is 5.89. The van der Waals surface area contributed by atoms with Crippen molar-refractivity contribution < 1.29 is 9.59 Å². The number of piperidine rings is 2. The molecule has 0 aliphatic carbocycles. The van der Waals surface area contributed by atoms with Crippen LogP contribution in [-0.2, 0) is 4.79 Å². The van der Waals surface area contributed by atoms with Gasteiger partial charge < -0.3 is 15.1 Å². The minimum atomic E-state index is -0.0707. The first-order valence-electron chi connectivity index (χ1n) is 9.03. The number of benzene rings is 1. The summed E-state index contributed by atoms with van der Waals surface area (Å²) in [6, 6.07) is 9.42. The molecule has 1 aromatic rings. The number of para-hydroxylation sites is 1. The molecule has 130 valence electrons. The third-order valence-corrected chi connectivity index (χ3v) is 5.13. The van der Waals surface area contributed by atoms with E-state index >= 15 is 0 Å². The van der Waals surface area contributed by atoms with Crippen LogP contribution >= 0.6 is 0 Å². The summed E-state index contributed by atoms with van der Waals surface area (Å²) in [5, 5.41) is 2.92. The van der Waals surface area contributed by atoms with E-state index in [1.807, 2.05) is 40.1 Å². The van der Waals surface area contributed by atoms with Crippen LogP contribution in [0, 0.1) is 11.8 Å². The van der Waals surface area contributed by atoms with Gasteiger partial charge in [-0.3, -0.25) is 4.79 Å². The fraction of sp³-hybridized carbons (Fsp3) is 0.579. The Kier molecular flexibility index (Phi) is 5.38. The van der Waals surface area contributed by atoms with Crippen LogP contribution < -0.4 is 5.32 Å². The van der Waals surface area contributed by atoms with Gasteiger partial charge in [0.15, 0.2) is 0 Å². The number of nitrogens with one attached hydrogen (secondary N) is 1. The molecule has 0 bridgehead atoms. The van der Waals surface area contributed by atoms with Gasteiger partial charge in [0.1, 0.15) is 0 Å². The molecule has 5 nitrogen and oxygen atoms in total. The van der Waals surface area contributed by atoms with Crippen molar-refractivity contribution in [2.75, 3.05) is 31.5 Å². The first-order chi connectivity index (χ1) is 11.6. The van der Waals surface area contributed by atoms with Gasteiger partial charge in [0.05, 0.1) is 0 Å². The summed E-state index contributed by atoms with van der Waals surface area (Å²) >= 11 is 0. The number of carbonyl (C=O) groups excluding carboxylic acids is 2. The maximum Gasteiger partial charge on any atom is 0.321 e. The number of carbonyl (C=O) groups is 2. The Bertz CT molecular complexity index is 567. The van der Waals surface area contributed by atoms with Crippen LogP contribution in [0.1, 0.15) is 32.6 Å². The zero-order chi connectivity index (χ0) is 16.9. The van der Waals surface area contributed by atoms with Gasteiger partial charge >= 0.3 is 6.03 Å². The quantitative estimate of drug-likeness (QED) is 0.906. The monoisotopic (exact) mass is 329 g/mol. The fourth-order valence-corrected chi connectivity index (χ4v) is 3.70. The van der Waals surface area contributed by atoms with E-state index in [-0.39, 0.29) is 11.9 Å². The molecule has 1 aromatic carbocycles. The number of urea groups is 1. The van der Waals surface area contributed by atoms with Gasteiger partial charge in [-0.25, -0.2) is 4.79 Å². The number of likely N-dealkylation sites (tertiary alicyclic amines) is 2. The smallest absolute Gasteiger partial charge is 0.321 e. The molecule has 3 rings (SSSR count). The van der Waals surface area contributed by atoms with Crippen LogP contribution in [0.4, 0.5) is 10.5 Å². The third-order valence-electron chi connectivity index (χ3n) is 5.13. The first-order valence-corrected chi connectivity index (χ1v) is 9.03. The van der Waals surface area contributed by atoms with E-state index in [2.05, 4.69) is 12.2 Å². The summed E-state index contributed by atoms with van der Waals surface area (Å²) in [7, 11) is 0. The normalized spacial score (nSPS) is 22.3. The zero-order valence-corrected chi connectivity index (χ0v) is 14.4. The van der Waals surface area contributed by atoms with Gasteiger partial charge in [-0.05, 0) is 43.7 Å². The Morgan fingerprint density at radius 1 is 1.00 bits per heavy atom. The summed E-state index contributed by atoms with van der Waals surface area (Å²) in [6.45, 7) is 5.32. The van der Waals surface area contributed by atoms with Crippen molar-refractivity contribution >= 4 is 17.6 Å². The Morgan fingerprint density at radius 2 is 1.71 bits per heavy atom. The van der Waals surface area contributed by atoms with E-state index in [0.717, 1.165) is 38.0 Å². The second kappa shape index (κ2) is 7.69. The maximum absolute atomic E-state index is 12.7. The predicted molar refractivity (Wildman–Crippen MR) is 94.7 cm³/mol. The maximum atomic E-state index is 12.7. The SMILES string of the molecule is CC1CCCN(C(=O)C2CCN(C(=O)Nc3ccccc3)CC2)C1. The molecule has 0 radical (unpaired) electrons. The van der Waals surface area contributed by atoms with E-state index in [9.17, 15) is 9.59 Å². The minimum Gasteiger partial charge on any atom is -0.342 e. The molecule has 24 heavy (non-hydrogen) atoms. The van der Waals surface area contributed by atoms with Gasteiger partial charge in [0, 0.05) is 37.8 Å². The van der Waals surface area contributed by atoms with Crippen molar-refractivity contribution in [1.29, 1.82) is 0 Å². The molecule has 5 heteroatoms. The first kappa shape index (κ1) is 16.8. The molecular weight excluding hydrogens is 302 g/mol. The number of rotatable bonds is 2. The van der Waals surface area contributed by atoms with Crippen LogP contribution in [0.2, 0.25) is 0 Å². The number of hydrogen-bond acceptors (Lipinski definition) is 2. The average Bonchev–Trinajstić information content (AvgIpc) is 2.62. The summed E-state index contributed by atoms with van der Waals surface area (Å²) < 4.78 is 0.